The van der Waals surface area contributed by atoms with Crippen LogP contribution in [0.4, 0.5) is 0 Å². The fourth-order valence-electron chi connectivity index (χ4n) is 4.23. The van der Waals surface area contributed by atoms with Gasteiger partial charge < -0.3 is 18.8 Å². The number of aromatic nitrogens is 3. The van der Waals surface area contributed by atoms with Gasteiger partial charge in [0.2, 0.25) is 0 Å². The van der Waals surface area contributed by atoms with Crippen LogP contribution in [0.1, 0.15) is 36.9 Å². The van der Waals surface area contributed by atoms with Crippen LogP contribution in [-0.2, 0) is 26.4 Å². The maximum absolute atomic E-state index is 12.9. The van der Waals surface area contributed by atoms with Gasteiger partial charge in [-0.2, -0.15) is 4.98 Å². The van der Waals surface area contributed by atoms with Crippen molar-refractivity contribution < 1.29 is 18.8 Å². The zero-order chi connectivity index (χ0) is 21.3. The number of para-hydroxylation sites is 2. The molecule has 1 unspecified atom stereocenters. The molecule has 7 nitrogen and oxygen atoms in total. The summed E-state index contributed by atoms with van der Waals surface area (Å²) in [5.41, 5.74) is 3.34. The number of ether oxygens (including phenoxy) is 3. The Bertz CT molecular complexity index is 1010. The molecule has 1 spiro atoms. The summed E-state index contributed by atoms with van der Waals surface area (Å²) in [5, 5.41) is 0.464. The molecule has 1 aliphatic heterocycles. The Morgan fingerprint density at radius 3 is 2.74 bits per heavy atom. The zero-order valence-corrected chi connectivity index (χ0v) is 18.5. The van der Waals surface area contributed by atoms with E-state index in [4.69, 9.17) is 14.2 Å². The summed E-state index contributed by atoms with van der Waals surface area (Å²) >= 11 is -1.32. The first-order valence-corrected chi connectivity index (χ1v) is 12.1. The number of fused-ring (bicyclic) bond motifs is 1. The summed E-state index contributed by atoms with van der Waals surface area (Å²) in [7, 11) is 0. The Labute approximate surface area is 184 Å². The second-order valence-electron chi connectivity index (χ2n) is 8.35. The minimum absolute atomic E-state index is 0.201. The molecule has 31 heavy (non-hydrogen) atoms. The molecule has 0 bridgehead atoms. The number of pyridine rings is 1. The second-order valence-corrected chi connectivity index (χ2v) is 9.71. The molecule has 1 N–H and O–H groups in total. The van der Waals surface area contributed by atoms with Gasteiger partial charge in [0.05, 0.1) is 36.5 Å². The monoisotopic (exact) mass is 441 g/mol. The highest BCUT2D eigenvalue weighted by molar-refractivity contribution is 7.90. The lowest BCUT2D eigenvalue weighted by atomic mass is 10.1. The second kappa shape index (κ2) is 8.78. The van der Waals surface area contributed by atoms with Crippen molar-refractivity contribution in [1.82, 2.24) is 15.0 Å². The number of hydrogen-bond acceptors (Lipinski definition) is 6. The van der Waals surface area contributed by atoms with E-state index in [1.807, 2.05) is 37.3 Å². The molecule has 1 atom stereocenters. The first kappa shape index (κ1) is 20.8. The first-order valence-electron chi connectivity index (χ1n) is 10.8. The average molecular weight is 442 g/mol. The lowest BCUT2D eigenvalue weighted by Crippen LogP contribution is -2.43. The van der Waals surface area contributed by atoms with Crippen molar-refractivity contribution in [1.29, 1.82) is 0 Å². The molecule has 3 heterocycles. The topological polar surface area (TPSA) is 92.3 Å². The molecule has 1 aliphatic carbocycles. The zero-order valence-electron chi connectivity index (χ0n) is 17.6. The third-order valence-electron chi connectivity index (χ3n) is 6.11. The number of aromatic amines is 1. The van der Waals surface area contributed by atoms with Gasteiger partial charge in [-0.1, -0.05) is 12.1 Å². The van der Waals surface area contributed by atoms with Crippen molar-refractivity contribution in [2.75, 3.05) is 19.8 Å². The summed E-state index contributed by atoms with van der Waals surface area (Å²) in [4.78, 5) is 12.0. The van der Waals surface area contributed by atoms with Crippen molar-refractivity contribution in [3.63, 3.8) is 0 Å². The van der Waals surface area contributed by atoms with Gasteiger partial charge in [0.15, 0.2) is 11.5 Å². The van der Waals surface area contributed by atoms with Crippen LogP contribution >= 0.6 is 0 Å². The lowest BCUT2D eigenvalue weighted by Gasteiger charge is -2.37. The SMILES string of the molecule is Cc1c(OCC2COC3(CCCC3)OC2)ccnc1C[S+]([O-])c1nc2ccccc2[nH]1. The van der Waals surface area contributed by atoms with Crippen LogP contribution in [0.15, 0.2) is 41.7 Å². The van der Waals surface area contributed by atoms with Crippen molar-refractivity contribution in [2.45, 2.75) is 49.3 Å². The molecule has 1 aromatic carbocycles. The van der Waals surface area contributed by atoms with Gasteiger partial charge in [0, 0.05) is 41.7 Å². The molecule has 0 amide bonds. The molecular formula is C23H27N3O4S. The maximum atomic E-state index is 12.9. The van der Waals surface area contributed by atoms with Gasteiger partial charge in [0.1, 0.15) is 5.75 Å². The van der Waals surface area contributed by atoms with Gasteiger partial charge in [-0.25, -0.2) is 0 Å². The predicted octanol–water partition coefficient (Wildman–Crippen LogP) is 3.89. The molecule has 1 saturated carbocycles. The highest BCUT2D eigenvalue weighted by atomic mass is 32.2. The minimum Gasteiger partial charge on any atom is -0.609 e. The highest BCUT2D eigenvalue weighted by Crippen LogP contribution is 2.37. The Hall–Kier alpha value is -2.13. The first-order chi connectivity index (χ1) is 15.1. The fourth-order valence-corrected chi connectivity index (χ4v) is 5.33. The summed E-state index contributed by atoms with van der Waals surface area (Å²) in [6.45, 7) is 3.79. The Kier molecular flexibility index (Phi) is 5.88. The van der Waals surface area contributed by atoms with E-state index in [9.17, 15) is 4.55 Å². The van der Waals surface area contributed by atoms with E-state index >= 15 is 0 Å². The van der Waals surface area contributed by atoms with Crippen molar-refractivity contribution in [3.8, 4) is 5.75 Å². The Morgan fingerprint density at radius 2 is 1.97 bits per heavy atom. The molecule has 8 heteroatoms. The van der Waals surface area contributed by atoms with Crippen LogP contribution in [-0.4, -0.2) is 45.1 Å². The quantitative estimate of drug-likeness (QED) is 0.584. The van der Waals surface area contributed by atoms with Crippen molar-refractivity contribution >= 4 is 22.2 Å². The van der Waals surface area contributed by atoms with Crippen LogP contribution in [0, 0.1) is 12.8 Å². The largest absolute Gasteiger partial charge is 0.609 e. The molecule has 1 saturated heterocycles. The molecule has 164 valence electrons. The van der Waals surface area contributed by atoms with E-state index in [1.54, 1.807) is 6.20 Å². The van der Waals surface area contributed by atoms with Gasteiger partial charge in [-0.3, -0.25) is 9.97 Å². The van der Waals surface area contributed by atoms with Gasteiger partial charge in [0.25, 0.3) is 0 Å². The Balaban J connectivity index is 1.20. The molecule has 3 aromatic rings. The molecular weight excluding hydrogens is 414 g/mol. The van der Waals surface area contributed by atoms with E-state index in [0.29, 0.717) is 25.0 Å². The van der Waals surface area contributed by atoms with Crippen molar-refractivity contribution in [2.24, 2.45) is 5.92 Å². The summed E-state index contributed by atoms with van der Waals surface area (Å²) < 4.78 is 31.0. The Morgan fingerprint density at radius 1 is 1.19 bits per heavy atom. The van der Waals surface area contributed by atoms with Gasteiger partial charge in [-0.05, 0) is 38.0 Å². The summed E-state index contributed by atoms with van der Waals surface area (Å²) in [5.74, 6) is 0.900. The summed E-state index contributed by atoms with van der Waals surface area (Å²) in [6.07, 6.45) is 6.05. The van der Waals surface area contributed by atoms with Gasteiger partial charge in [-0.15, -0.1) is 0 Å². The van der Waals surface area contributed by atoms with E-state index in [2.05, 4.69) is 15.0 Å². The fraction of sp³-hybridized carbons (Fsp3) is 0.478. The normalized spacial score (nSPS) is 19.8. The number of H-pyrrole nitrogens is 1. The molecule has 2 aliphatic rings. The number of hydrogen-bond donors (Lipinski definition) is 1. The molecule has 2 aromatic heterocycles. The smallest absolute Gasteiger partial charge is 0.322 e. The number of rotatable bonds is 6. The third kappa shape index (κ3) is 4.43. The number of imidazole rings is 1. The standard InChI is InChI=1S/C23H27N3O4S/c1-16-20(15-31(27)22-25-18-6-2-3-7-19(18)26-22)24-11-8-21(16)28-12-17-13-29-23(30-14-17)9-4-5-10-23/h2-3,6-8,11,17H,4-5,9-10,12-15H2,1H3,(H,25,26). The van der Waals surface area contributed by atoms with Crippen LogP contribution in [0.5, 0.6) is 5.75 Å². The third-order valence-corrected chi connectivity index (χ3v) is 7.27. The molecule has 0 radical (unpaired) electrons. The number of nitrogens with one attached hydrogen (secondary N) is 1. The number of benzene rings is 1. The van der Waals surface area contributed by atoms with E-state index in [1.165, 1.54) is 12.8 Å². The predicted molar refractivity (Wildman–Crippen MR) is 117 cm³/mol. The highest BCUT2D eigenvalue weighted by Gasteiger charge is 2.40. The maximum Gasteiger partial charge on any atom is 0.322 e. The van der Waals surface area contributed by atoms with E-state index in [-0.39, 0.29) is 17.5 Å². The summed E-state index contributed by atoms with van der Waals surface area (Å²) in [6, 6.07) is 9.52. The minimum atomic E-state index is -1.32. The number of nitrogens with zero attached hydrogens (tertiary/aromatic N) is 2. The van der Waals surface area contributed by atoms with Crippen LogP contribution < -0.4 is 4.74 Å². The van der Waals surface area contributed by atoms with Crippen LogP contribution in [0.25, 0.3) is 11.0 Å². The van der Waals surface area contributed by atoms with E-state index < -0.39 is 11.2 Å². The average Bonchev–Trinajstić information content (AvgIpc) is 3.43. The van der Waals surface area contributed by atoms with Gasteiger partial charge >= 0.3 is 5.16 Å². The molecule has 2 fully saturated rings. The van der Waals surface area contributed by atoms with Crippen molar-refractivity contribution in [3.05, 3.63) is 47.8 Å². The van der Waals surface area contributed by atoms with E-state index in [0.717, 1.165) is 40.9 Å². The lowest BCUT2D eigenvalue weighted by molar-refractivity contribution is -0.280. The van der Waals surface area contributed by atoms with Crippen LogP contribution in [0.3, 0.4) is 0 Å². The van der Waals surface area contributed by atoms with Crippen LogP contribution in [0.2, 0.25) is 0 Å². The molecule has 5 rings (SSSR count).